The Balaban J connectivity index is 2.36. The van der Waals surface area contributed by atoms with Gasteiger partial charge in [0.05, 0.1) is 0 Å². The molecule has 0 spiro atoms. The van der Waals surface area contributed by atoms with Gasteiger partial charge in [0.2, 0.25) is 0 Å². The Kier molecular flexibility index (Phi) is 10.9. The second kappa shape index (κ2) is 12.6. The van der Waals surface area contributed by atoms with Crippen LogP contribution in [-0.2, 0) is 6.42 Å². The van der Waals surface area contributed by atoms with Gasteiger partial charge in [-0.2, -0.15) is 0 Å². The molecule has 1 nitrogen and oxygen atoms in total. The van der Waals surface area contributed by atoms with Crippen LogP contribution in [0.25, 0.3) is 0 Å². The quantitative estimate of drug-likeness (QED) is 0.394. The van der Waals surface area contributed by atoms with Gasteiger partial charge in [-0.1, -0.05) is 96.6 Å². The van der Waals surface area contributed by atoms with Crippen LogP contribution in [0, 0.1) is 5.92 Å². The molecule has 0 aliphatic heterocycles. The van der Waals surface area contributed by atoms with Crippen molar-refractivity contribution < 1.29 is 5.11 Å². The molecule has 0 aliphatic rings. The van der Waals surface area contributed by atoms with Gasteiger partial charge in [0.25, 0.3) is 0 Å². The first kappa shape index (κ1) is 19.1. The van der Waals surface area contributed by atoms with Crippen LogP contribution in [0.5, 0.6) is 5.75 Å². The van der Waals surface area contributed by atoms with Crippen LogP contribution in [0.2, 0.25) is 0 Å². The standard InChI is InChI=1S/C21H36O/c1-3-5-7-9-11-13-19(12-10-8-6-4-2)18-20-14-16-21(22)17-15-20/h14-17,19,22H,3-13,18H2,1-2H3. The molecule has 0 aliphatic carbocycles. The van der Waals surface area contributed by atoms with Gasteiger partial charge in [0.15, 0.2) is 0 Å². The van der Waals surface area contributed by atoms with Gasteiger partial charge in [-0.3, -0.25) is 0 Å². The monoisotopic (exact) mass is 304 g/mol. The summed E-state index contributed by atoms with van der Waals surface area (Å²) in [6, 6.07) is 7.83. The van der Waals surface area contributed by atoms with Crippen molar-refractivity contribution in [1.29, 1.82) is 0 Å². The highest BCUT2D eigenvalue weighted by Crippen LogP contribution is 2.23. The number of hydrogen-bond donors (Lipinski definition) is 1. The number of benzene rings is 1. The lowest BCUT2D eigenvalue weighted by molar-refractivity contribution is 0.402. The lowest BCUT2D eigenvalue weighted by Crippen LogP contribution is -2.05. The van der Waals surface area contributed by atoms with Gasteiger partial charge < -0.3 is 5.11 Å². The summed E-state index contributed by atoms with van der Waals surface area (Å²) in [6.07, 6.45) is 16.3. The van der Waals surface area contributed by atoms with E-state index >= 15 is 0 Å². The molecule has 0 saturated heterocycles. The van der Waals surface area contributed by atoms with Crippen LogP contribution in [-0.4, -0.2) is 5.11 Å². The Morgan fingerprint density at radius 3 is 1.77 bits per heavy atom. The van der Waals surface area contributed by atoms with E-state index < -0.39 is 0 Å². The Morgan fingerprint density at radius 1 is 0.727 bits per heavy atom. The van der Waals surface area contributed by atoms with Crippen molar-refractivity contribution in [2.75, 3.05) is 0 Å². The molecule has 1 aromatic carbocycles. The van der Waals surface area contributed by atoms with E-state index in [4.69, 9.17) is 0 Å². The van der Waals surface area contributed by atoms with E-state index in [-0.39, 0.29) is 0 Å². The van der Waals surface area contributed by atoms with Crippen molar-refractivity contribution in [2.24, 2.45) is 5.92 Å². The molecule has 1 atom stereocenters. The van der Waals surface area contributed by atoms with Gasteiger partial charge in [0, 0.05) is 0 Å². The smallest absolute Gasteiger partial charge is 0.115 e. The molecule has 126 valence electrons. The molecule has 22 heavy (non-hydrogen) atoms. The van der Waals surface area contributed by atoms with Crippen molar-refractivity contribution in [3.63, 3.8) is 0 Å². The van der Waals surface area contributed by atoms with E-state index in [1.807, 2.05) is 12.1 Å². The van der Waals surface area contributed by atoms with Crippen molar-refractivity contribution in [1.82, 2.24) is 0 Å². The Bertz CT molecular complexity index is 355. The number of rotatable bonds is 13. The zero-order chi connectivity index (χ0) is 16.0. The number of aromatic hydroxyl groups is 1. The van der Waals surface area contributed by atoms with Crippen LogP contribution >= 0.6 is 0 Å². The van der Waals surface area contributed by atoms with Gasteiger partial charge in [0.1, 0.15) is 5.75 Å². The molecule has 1 unspecified atom stereocenters. The van der Waals surface area contributed by atoms with Crippen LogP contribution in [0.15, 0.2) is 24.3 Å². The first-order valence-electron chi connectivity index (χ1n) is 9.54. The van der Waals surface area contributed by atoms with Gasteiger partial charge in [-0.05, 0) is 30.0 Å². The van der Waals surface area contributed by atoms with Crippen LogP contribution in [0.1, 0.15) is 90.0 Å². The number of phenols is 1. The maximum atomic E-state index is 9.42. The highest BCUT2D eigenvalue weighted by Gasteiger charge is 2.10. The maximum Gasteiger partial charge on any atom is 0.115 e. The Labute approximate surface area is 138 Å². The fourth-order valence-corrected chi connectivity index (χ4v) is 3.21. The zero-order valence-electron chi connectivity index (χ0n) is 14.8. The first-order chi connectivity index (χ1) is 10.8. The normalized spacial score (nSPS) is 12.5. The molecule has 1 aromatic rings. The highest BCUT2D eigenvalue weighted by molar-refractivity contribution is 5.26. The third-order valence-electron chi connectivity index (χ3n) is 4.64. The van der Waals surface area contributed by atoms with E-state index in [1.165, 1.54) is 82.6 Å². The molecule has 1 rings (SSSR count). The van der Waals surface area contributed by atoms with E-state index in [0.717, 1.165) is 5.92 Å². The summed E-state index contributed by atoms with van der Waals surface area (Å²) in [5, 5.41) is 9.42. The topological polar surface area (TPSA) is 20.2 Å². The second-order valence-electron chi connectivity index (χ2n) is 6.79. The summed E-state index contributed by atoms with van der Waals surface area (Å²) in [5.74, 6) is 1.20. The number of hydrogen-bond acceptors (Lipinski definition) is 1. The first-order valence-corrected chi connectivity index (χ1v) is 9.54. The molecule has 0 saturated carbocycles. The summed E-state index contributed by atoms with van der Waals surface area (Å²) >= 11 is 0. The minimum Gasteiger partial charge on any atom is -0.508 e. The largest absolute Gasteiger partial charge is 0.508 e. The lowest BCUT2D eigenvalue weighted by atomic mass is 9.89. The van der Waals surface area contributed by atoms with Crippen molar-refractivity contribution in [3.8, 4) is 5.75 Å². The molecule has 0 radical (unpaired) electrons. The van der Waals surface area contributed by atoms with E-state index in [9.17, 15) is 5.11 Å². The molecule has 1 heteroatoms. The molecule has 1 N–H and O–H groups in total. The second-order valence-corrected chi connectivity index (χ2v) is 6.79. The fourth-order valence-electron chi connectivity index (χ4n) is 3.21. The van der Waals surface area contributed by atoms with Gasteiger partial charge in [-0.15, -0.1) is 0 Å². The van der Waals surface area contributed by atoms with Crippen molar-refractivity contribution in [2.45, 2.75) is 90.9 Å². The molecule has 0 bridgehead atoms. The number of phenolic OH excluding ortho intramolecular Hbond substituents is 1. The minimum absolute atomic E-state index is 0.378. The average Bonchev–Trinajstić information content (AvgIpc) is 2.53. The molecule has 0 heterocycles. The summed E-state index contributed by atoms with van der Waals surface area (Å²) < 4.78 is 0. The third-order valence-corrected chi connectivity index (χ3v) is 4.64. The van der Waals surface area contributed by atoms with E-state index in [2.05, 4.69) is 26.0 Å². The van der Waals surface area contributed by atoms with Crippen molar-refractivity contribution >= 4 is 0 Å². The summed E-state index contributed by atoms with van der Waals surface area (Å²) in [4.78, 5) is 0. The third kappa shape index (κ3) is 9.12. The molecule has 0 fully saturated rings. The summed E-state index contributed by atoms with van der Waals surface area (Å²) in [5.41, 5.74) is 1.38. The molecular weight excluding hydrogens is 268 g/mol. The summed E-state index contributed by atoms with van der Waals surface area (Å²) in [7, 11) is 0. The molecule has 0 amide bonds. The molecular formula is C21H36O. The van der Waals surface area contributed by atoms with E-state index in [0.29, 0.717) is 5.75 Å². The van der Waals surface area contributed by atoms with Gasteiger partial charge >= 0.3 is 0 Å². The zero-order valence-corrected chi connectivity index (χ0v) is 14.8. The van der Waals surface area contributed by atoms with Crippen LogP contribution < -0.4 is 0 Å². The Hall–Kier alpha value is -0.980. The van der Waals surface area contributed by atoms with Crippen LogP contribution in [0.3, 0.4) is 0 Å². The van der Waals surface area contributed by atoms with E-state index in [1.54, 1.807) is 0 Å². The maximum absolute atomic E-state index is 9.42. The minimum atomic E-state index is 0.378. The number of unbranched alkanes of at least 4 members (excludes halogenated alkanes) is 7. The van der Waals surface area contributed by atoms with Crippen LogP contribution in [0.4, 0.5) is 0 Å². The Morgan fingerprint density at radius 2 is 1.23 bits per heavy atom. The predicted molar refractivity (Wildman–Crippen MR) is 97.4 cm³/mol. The SMILES string of the molecule is CCCCCCCC(CCCCCC)Cc1ccc(O)cc1. The molecule has 0 aromatic heterocycles. The average molecular weight is 305 g/mol. The van der Waals surface area contributed by atoms with Gasteiger partial charge in [-0.25, -0.2) is 0 Å². The summed E-state index contributed by atoms with van der Waals surface area (Å²) in [6.45, 7) is 4.56. The predicted octanol–water partition coefficient (Wildman–Crippen LogP) is 6.88. The van der Waals surface area contributed by atoms with Crippen molar-refractivity contribution in [3.05, 3.63) is 29.8 Å². The highest BCUT2D eigenvalue weighted by atomic mass is 16.3. The lowest BCUT2D eigenvalue weighted by Gasteiger charge is -2.17. The fraction of sp³-hybridized carbons (Fsp3) is 0.714.